The van der Waals surface area contributed by atoms with Crippen molar-refractivity contribution in [2.75, 3.05) is 29.6 Å². The molecule has 1 heterocycles. The summed E-state index contributed by atoms with van der Waals surface area (Å²) in [4.78, 5) is 24.8. The average Bonchev–Trinajstić information content (AvgIpc) is 2.88. The molecule has 10 heteroatoms. The molecule has 29 heavy (non-hydrogen) atoms. The van der Waals surface area contributed by atoms with E-state index in [0.717, 1.165) is 4.31 Å². The molecule has 0 bridgehead atoms. The van der Waals surface area contributed by atoms with Crippen LogP contribution in [0.2, 0.25) is 5.02 Å². The summed E-state index contributed by atoms with van der Waals surface area (Å²) in [5.41, 5.74) is 0.688. The Labute approximate surface area is 173 Å². The number of ether oxygens (including phenoxy) is 2. The summed E-state index contributed by atoms with van der Waals surface area (Å²) in [5.74, 6) is -0.962. The van der Waals surface area contributed by atoms with E-state index in [4.69, 9.17) is 21.1 Å². The predicted octanol–water partition coefficient (Wildman–Crippen LogP) is 2.92. The Morgan fingerprint density at radius 1 is 1.14 bits per heavy atom. The standard InChI is InChI=1S/C19H19ClN2O6S/c1-11-10-29(25,26)22(19(11)24)13-5-6-14(15(20)9-13)18(23)21-12-4-7-16(27-2)17(8-12)28-3/h4-9,11H,10H2,1-3H3,(H,21,23)/t11-/m1/s1. The van der Waals surface area contributed by atoms with E-state index in [-0.39, 0.29) is 22.0 Å². The molecule has 0 aromatic heterocycles. The molecule has 1 atom stereocenters. The molecule has 0 aliphatic carbocycles. The van der Waals surface area contributed by atoms with Crippen LogP contribution in [0.5, 0.6) is 11.5 Å². The number of methoxy groups -OCH3 is 2. The number of sulfonamides is 1. The number of nitrogens with zero attached hydrogens (tertiary/aromatic N) is 1. The molecule has 8 nitrogen and oxygen atoms in total. The maximum Gasteiger partial charge on any atom is 0.257 e. The van der Waals surface area contributed by atoms with E-state index in [2.05, 4.69) is 5.32 Å². The lowest BCUT2D eigenvalue weighted by molar-refractivity contribution is -0.119. The number of hydrogen-bond acceptors (Lipinski definition) is 6. The summed E-state index contributed by atoms with van der Waals surface area (Å²) >= 11 is 6.21. The van der Waals surface area contributed by atoms with E-state index in [1.165, 1.54) is 32.4 Å². The second kappa shape index (κ2) is 7.92. The van der Waals surface area contributed by atoms with Gasteiger partial charge in [-0.25, -0.2) is 12.7 Å². The third-order valence-corrected chi connectivity index (χ3v) is 6.61. The molecule has 3 rings (SSSR count). The summed E-state index contributed by atoms with van der Waals surface area (Å²) in [5, 5.41) is 2.71. The highest BCUT2D eigenvalue weighted by Gasteiger charge is 2.42. The fourth-order valence-corrected chi connectivity index (χ4v) is 5.09. The number of carbonyl (C=O) groups excluding carboxylic acids is 2. The Kier molecular flexibility index (Phi) is 5.72. The van der Waals surface area contributed by atoms with Crippen molar-refractivity contribution in [2.24, 2.45) is 5.92 Å². The van der Waals surface area contributed by atoms with Gasteiger partial charge in [-0.05, 0) is 30.3 Å². The summed E-state index contributed by atoms with van der Waals surface area (Å²) in [6.45, 7) is 1.55. The molecule has 0 radical (unpaired) electrons. The summed E-state index contributed by atoms with van der Waals surface area (Å²) in [6, 6.07) is 8.92. The van der Waals surface area contributed by atoms with Gasteiger partial charge in [0.25, 0.3) is 5.91 Å². The highest BCUT2D eigenvalue weighted by atomic mass is 35.5. The number of benzene rings is 2. The molecule has 1 aliphatic rings. The minimum absolute atomic E-state index is 0.0167. The van der Waals surface area contributed by atoms with E-state index in [0.29, 0.717) is 17.2 Å². The number of rotatable bonds is 5. The molecule has 1 aliphatic heterocycles. The van der Waals surface area contributed by atoms with Gasteiger partial charge in [0.05, 0.1) is 42.2 Å². The van der Waals surface area contributed by atoms with Gasteiger partial charge in [0.1, 0.15) is 0 Å². The van der Waals surface area contributed by atoms with Gasteiger partial charge in [0.15, 0.2) is 11.5 Å². The lowest BCUT2D eigenvalue weighted by Crippen LogP contribution is -2.30. The lowest BCUT2D eigenvalue weighted by Gasteiger charge is -2.16. The molecule has 0 unspecified atom stereocenters. The first-order valence-corrected chi connectivity index (χ1v) is 10.6. The topological polar surface area (TPSA) is 102 Å². The second-order valence-corrected chi connectivity index (χ2v) is 8.74. The quantitative estimate of drug-likeness (QED) is 0.770. The van der Waals surface area contributed by atoms with Crippen LogP contribution in [0.25, 0.3) is 0 Å². The van der Waals surface area contributed by atoms with Gasteiger partial charge >= 0.3 is 0 Å². The van der Waals surface area contributed by atoms with E-state index in [1.807, 2.05) is 0 Å². The van der Waals surface area contributed by atoms with Crippen LogP contribution < -0.4 is 19.1 Å². The van der Waals surface area contributed by atoms with Crippen LogP contribution in [0.3, 0.4) is 0 Å². The van der Waals surface area contributed by atoms with Gasteiger partial charge in [0.2, 0.25) is 15.9 Å². The molecule has 1 N–H and O–H groups in total. The smallest absolute Gasteiger partial charge is 0.257 e. The van der Waals surface area contributed by atoms with E-state index < -0.39 is 27.8 Å². The molecule has 2 aromatic rings. The first kappa shape index (κ1) is 20.9. The van der Waals surface area contributed by atoms with Crippen LogP contribution in [-0.2, 0) is 14.8 Å². The number of anilines is 2. The van der Waals surface area contributed by atoms with Crippen molar-refractivity contribution in [1.82, 2.24) is 0 Å². The Morgan fingerprint density at radius 3 is 2.38 bits per heavy atom. The summed E-state index contributed by atoms with van der Waals surface area (Å²) in [6.07, 6.45) is 0. The number of halogens is 1. The highest BCUT2D eigenvalue weighted by Crippen LogP contribution is 2.33. The third-order valence-electron chi connectivity index (χ3n) is 4.43. The zero-order valence-corrected chi connectivity index (χ0v) is 17.5. The van der Waals surface area contributed by atoms with Gasteiger partial charge in [-0.1, -0.05) is 18.5 Å². The number of nitrogens with one attached hydrogen (secondary N) is 1. The first-order valence-electron chi connectivity index (χ1n) is 8.57. The van der Waals surface area contributed by atoms with Gasteiger partial charge in [-0.2, -0.15) is 0 Å². The highest BCUT2D eigenvalue weighted by molar-refractivity contribution is 7.94. The van der Waals surface area contributed by atoms with Crippen molar-refractivity contribution in [3.05, 3.63) is 47.0 Å². The van der Waals surface area contributed by atoms with Gasteiger partial charge in [-0.15, -0.1) is 0 Å². The molecule has 154 valence electrons. The zero-order chi connectivity index (χ0) is 21.3. The van der Waals surface area contributed by atoms with Crippen LogP contribution in [0.4, 0.5) is 11.4 Å². The normalized spacial score (nSPS) is 17.9. The van der Waals surface area contributed by atoms with Gasteiger partial charge < -0.3 is 14.8 Å². The van der Waals surface area contributed by atoms with Crippen molar-refractivity contribution in [3.8, 4) is 11.5 Å². The molecule has 1 fully saturated rings. The first-order chi connectivity index (χ1) is 13.7. The minimum Gasteiger partial charge on any atom is -0.493 e. The fourth-order valence-electron chi connectivity index (χ4n) is 3.01. The predicted molar refractivity (Wildman–Crippen MR) is 109 cm³/mol. The Balaban J connectivity index is 1.86. The van der Waals surface area contributed by atoms with Crippen molar-refractivity contribution in [2.45, 2.75) is 6.92 Å². The summed E-state index contributed by atoms with van der Waals surface area (Å²) in [7, 11) is -0.769. The van der Waals surface area contributed by atoms with Crippen LogP contribution in [-0.4, -0.2) is 40.2 Å². The third kappa shape index (κ3) is 4.01. The Bertz CT molecular complexity index is 1090. The van der Waals surface area contributed by atoms with Crippen LogP contribution >= 0.6 is 11.6 Å². The average molecular weight is 439 g/mol. The van der Waals surface area contributed by atoms with Crippen molar-refractivity contribution >= 4 is 44.8 Å². The second-order valence-electron chi connectivity index (χ2n) is 6.47. The SMILES string of the molecule is COc1ccc(NC(=O)c2ccc(N3C(=O)[C@H](C)CS3(=O)=O)cc2Cl)cc1OC. The van der Waals surface area contributed by atoms with Crippen LogP contribution in [0.1, 0.15) is 17.3 Å². The van der Waals surface area contributed by atoms with Crippen molar-refractivity contribution < 1.29 is 27.5 Å². The molecule has 2 aromatic carbocycles. The molecule has 0 saturated carbocycles. The maximum absolute atomic E-state index is 12.6. The Hall–Kier alpha value is -2.78. The van der Waals surface area contributed by atoms with E-state index in [1.54, 1.807) is 25.1 Å². The van der Waals surface area contributed by atoms with E-state index >= 15 is 0 Å². The monoisotopic (exact) mass is 438 g/mol. The molecular weight excluding hydrogens is 420 g/mol. The molecular formula is C19H19ClN2O6S. The molecule has 2 amide bonds. The Morgan fingerprint density at radius 2 is 1.83 bits per heavy atom. The largest absolute Gasteiger partial charge is 0.493 e. The fraction of sp³-hybridized carbons (Fsp3) is 0.263. The minimum atomic E-state index is -3.75. The maximum atomic E-state index is 12.6. The lowest BCUT2D eigenvalue weighted by atomic mass is 10.1. The van der Waals surface area contributed by atoms with E-state index in [9.17, 15) is 18.0 Å². The molecule has 0 spiro atoms. The summed E-state index contributed by atoms with van der Waals surface area (Å²) < 4.78 is 35.5. The van der Waals surface area contributed by atoms with Crippen molar-refractivity contribution in [1.29, 1.82) is 0 Å². The number of amides is 2. The number of hydrogen-bond donors (Lipinski definition) is 1. The van der Waals surface area contributed by atoms with Crippen LogP contribution in [0, 0.1) is 5.92 Å². The zero-order valence-electron chi connectivity index (χ0n) is 15.9. The van der Waals surface area contributed by atoms with Crippen molar-refractivity contribution in [3.63, 3.8) is 0 Å². The van der Waals surface area contributed by atoms with Gasteiger partial charge in [-0.3, -0.25) is 9.59 Å². The van der Waals surface area contributed by atoms with Gasteiger partial charge in [0, 0.05) is 11.8 Å². The molecule has 1 saturated heterocycles. The van der Waals surface area contributed by atoms with Crippen LogP contribution in [0.15, 0.2) is 36.4 Å². The number of carbonyl (C=O) groups is 2.